The fraction of sp³-hybridized carbons (Fsp3) is 0.318. The Hall–Kier alpha value is -2.60. The highest BCUT2D eigenvalue weighted by molar-refractivity contribution is 7.96. The Morgan fingerprint density at radius 1 is 1.04 bits per heavy atom. The minimum Gasteiger partial charge on any atom is -0.465 e. The van der Waals surface area contributed by atoms with E-state index in [1.165, 1.54) is 18.3 Å². The van der Waals surface area contributed by atoms with Crippen LogP contribution < -0.4 is 5.32 Å². The molecule has 0 bridgehead atoms. The molecule has 0 saturated carbocycles. The molecule has 0 aliphatic heterocycles. The fourth-order valence-electron chi connectivity index (χ4n) is 2.59. The number of ether oxygens (including phenoxy) is 1. The molecule has 0 atom stereocenters. The number of rotatable bonds is 6. The van der Waals surface area contributed by atoms with Crippen LogP contribution in [0.25, 0.3) is 0 Å². The van der Waals surface area contributed by atoms with E-state index in [1.54, 1.807) is 12.1 Å². The average Bonchev–Trinajstić information content (AvgIpc) is 2.67. The zero-order chi connectivity index (χ0) is 20.9. The van der Waals surface area contributed by atoms with E-state index in [4.69, 9.17) is 4.74 Å². The van der Waals surface area contributed by atoms with E-state index in [0.717, 1.165) is 24.7 Å². The van der Waals surface area contributed by atoms with Gasteiger partial charge in [-0.1, -0.05) is 52.0 Å². The van der Waals surface area contributed by atoms with E-state index in [-0.39, 0.29) is 10.3 Å². The molecule has 0 unspecified atom stereocenters. The van der Waals surface area contributed by atoms with Gasteiger partial charge in [0.15, 0.2) is 4.91 Å². The summed E-state index contributed by atoms with van der Waals surface area (Å²) < 4.78 is 30.7. The molecule has 1 N–H and O–H groups in total. The summed E-state index contributed by atoms with van der Waals surface area (Å²) in [5.74, 6) is -0.919. The predicted octanol–water partition coefficient (Wildman–Crippen LogP) is 4.45. The first kappa shape index (κ1) is 21.7. The zero-order valence-corrected chi connectivity index (χ0v) is 17.8. The summed E-state index contributed by atoms with van der Waals surface area (Å²) >= 11 is 0. The lowest BCUT2D eigenvalue weighted by atomic mass is 9.87. The Balaban J connectivity index is 2.38. The minimum atomic E-state index is -4.03. The van der Waals surface area contributed by atoms with Crippen LogP contribution in [0.2, 0.25) is 0 Å². The molecule has 0 fully saturated rings. The summed E-state index contributed by atoms with van der Waals surface area (Å²) in [6.45, 7) is 8.19. The molecule has 0 spiro atoms. The molecule has 28 heavy (non-hydrogen) atoms. The van der Waals surface area contributed by atoms with Gasteiger partial charge in [-0.3, -0.25) is 0 Å². The SMILES string of the molecule is CCc1ccc(N/C=C(\C(=O)OC)S(=O)(=O)c2ccc(C(C)(C)C)cc2)cc1. The molecule has 5 nitrogen and oxygen atoms in total. The van der Waals surface area contributed by atoms with Crippen molar-refractivity contribution >= 4 is 21.5 Å². The van der Waals surface area contributed by atoms with Crippen molar-refractivity contribution in [3.05, 3.63) is 70.8 Å². The van der Waals surface area contributed by atoms with Crippen LogP contribution in [-0.2, 0) is 31.2 Å². The second-order valence-electron chi connectivity index (χ2n) is 7.47. The average molecular weight is 402 g/mol. The van der Waals surface area contributed by atoms with Crippen molar-refractivity contribution in [2.24, 2.45) is 0 Å². The highest BCUT2D eigenvalue weighted by Crippen LogP contribution is 2.26. The second-order valence-corrected chi connectivity index (χ2v) is 9.39. The van der Waals surface area contributed by atoms with Gasteiger partial charge in [-0.25, -0.2) is 13.2 Å². The smallest absolute Gasteiger partial charge is 0.351 e. The Kier molecular flexibility index (Phi) is 6.67. The third-order valence-corrected chi connectivity index (χ3v) is 6.20. The van der Waals surface area contributed by atoms with Crippen LogP contribution >= 0.6 is 0 Å². The van der Waals surface area contributed by atoms with Gasteiger partial charge >= 0.3 is 5.97 Å². The molecule has 0 aromatic heterocycles. The summed E-state index contributed by atoms with van der Waals surface area (Å²) in [4.78, 5) is 11.8. The predicted molar refractivity (Wildman–Crippen MR) is 112 cm³/mol. The van der Waals surface area contributed by atoms with Gasteiger partial charge in [-0.15, -0.1) is 0 Å². The Bertz CT molecular complexity index is 951. The maximum Gasteiger partial charge on any atom is 0.351 e. The lowest BCUT2D eigenvalue weighted by Gasteiger charge is -2.19. The number of aryl methyl sites for hydroxylation is 1. The Labute approximate surface area is 167 Å². The van der Waals surface area contributed by atoms with Crippen LogP contribution in [0.5, 0.6) is 0 Å². The number of hydrogen-bond acceptors (Lipinski definition) is 5. The van der Waals surface area contributed by atoms with Crippen LogP contribution in [0, 0.1) is 0 Å². The van der Waals surface area contributed by atoms with Gasteiger partial charge in [-0.2, -0.15) is 0 Å². The number of esters is 1. The van der Waals surface area contributed by atoms with Crippen molar-refractivity contribution in [2.75, 3.05) is 12.4 Å². The van der Waals surface area contributed by atoms with Crippen molar-refractivity contribution in [2.45, 2.75) is 44.4 Å². The minimum absolute atomic E-state index is 0.0419. The summed E-state index contributed by atoms with van der Waals surface area (Å²) in [6.07, 6.45) is 2.09. The number of benzene rings is 2. The van der Waals surface area contributed by atoms with Gasteiger partial charge in [0.2, 0.25) is 9.84 Å². The largest absolute Gasteiger partial charge is 0.465 e. The molecule has 6 heteroatoms. The van der Waals surface area contributed by atoms with Gasteiger partial charge in [0, 0.05) is 11.9 Å². The van der Waals surface area contributed by atoms with Crippen molar-refractivity contribution in [1.29, 1.82) is 0 Å². The quantitative estimate of drug-likeness (QED) is 0.572. The molecule has 0 radical (unpaired) electrons. The molecule has 0 saturated heterocycles. The first-order chi connectivity index (χ1) is 13.1. The Morgan fingerprint density at radius 2 is 1.61 bits per heavy atom. The maximum atomic E-state index is 13.0. The number of sulfone groups is 1. The van der Waals surface area contributed by atoms with Crippen LogP contribution in [0.1, 0.15) is 38.8 Å². The van der Waals surface area contributed by atoms with Gasteiger partial charge in [-0.05, 0) is 47.2 Å². The van der Waals surface area contributed by atoms with Crippen LogP contribution in [0.4, 0.5) is 5.69 Å². The lowest BCUT2D eigenvalue weighted by Crippen LogP contribution is -2.17. The molecule has 2 aromatic rings. The molecular formula is C22H27NO4S. The summed E-state index contributed by atoms with van der Waals surface area (Å²) in [5, 5.41) is 2.88. The molecular weight excluding hydrogens is 374 g/mol. The summed E-state index contributed by atoms with van der Waals surface area (Å²) in [7, 11) is -2.88. The number of carbonyl (C=O) groups is 1. The maximum absolute atomic E-state index is 13.0. The van der Waals surface area contributed by atoms with E-state index in [0.29, 0.717) is 5.69 Å². The Morgan fingerprint density at radius 3 is 2.07 bits per heavy atom. The van der Waals surface area contributed by atoms with Crippen LogP contribution in [0.3, 0.4) is 0 Å². The van der Waals surface area contributed by atoms with E-state index < -0.39 is 20.7 Å². The van der Waals surface area contributed by atoms with Crippen LogP contribution in [0.15, 0.2) is 64.5 Å². The van der Waals surface area contributed by atoms with Gasteiger partial charge in [0.05, 0.1) is 12.0 Å². The monoisotopic (exact) mass is 401 g/mol. The first-order valence-electron chi connectivity index (χ1n) is 9.09. The highest BCUT2D eigenvalue weighted by Gasteiger charge is 2.28. The van der Waals surface area contributed by atoms with E-state index >= 15 is 0 Å². The van der Waals surface area contributed by atoms with Gasteiger partial charge in [0.25, 0.3) is 0 Å². The normalized spacial score (nSPS) is 12.5. The van der Waals surface area contributed by atoms with E-state index in [9.17, 15) is 13.2 Å². The number of nitrogens with one attached hydrogen (secondary N) is 1. The lowest BCUT2D eigenvalue weighted by molar-refractivity contribution is -0.135. The van der Waals surface area contributed by atoms with E-state index in [2.05, 4.69) is 12.2 Å². The first-order valence-corrected chi connectivity index (χ1v) is 10.6. The molecule has 150 valence electrons. The molecule has 0 aliphatic carbocycles. The van der Waals surface area contributed by atoms with Crippen molar-refractivity contribution in [1.82, 2.24) is 0 Å². The highest BCUT2D eigenvalue weighted by atomic mass is 32.2. The third-order valence-electron chi connectivity index (χ3n) is 4.44. The molecule has 2 aromatic carbocycles. The summed E-state index contributed by atoms with van der Waals surface area (Å²) in [6, 6.07) is 14.1. The zero-order valence-electron chi connectivity index (χ0n) is 16.9. The summed E-state index contributed by atoms with van der Waals surface area (Å²) in [5.41, 5.74) is 2.74. The molecule has 2 rings (SSSR count). The molecule has 0 heterocycles. The van der Waals surface area contributed by atoms with Crippen molar-refractivity contribution in [3.8, 4) is 0 Å². The van der Waals surface area contributed by atoms with E-state index in [1.807, 2.05) is 45.0 Å². The number of methoxy groups -OCH3 is 1. The topological polar surface area (TPSA) is 72.5 Å². The number of carbonyl (C=O) groups excluding carboxylic acids is 1. The number of hydrogen-bond donors (Lipinski definition) is 1. The van der Waals surface area contributed by atoms with Gasteiger partial charge < -0.3 is 10.1 Å². The van der Waals surface area contributed by atoms with Gasteiger partial charge in [0.1, 0.15) is 0 Å². The fourth-order valence-corrected chi connectivity index (χ4v) is 3.86. The van der Waals surface area contributed by atoms with Crippen molar-refractivity contribution < 1.29 is 17.9 Å². The molecule has 0 aliphatic rings. The standard InChI is InChI=1S/C22H27NO4S/c1-6-16-7-11-18(12-8-16)23-15-20(21(24)27-5)28(25,26)19-13-9-17(10-14-19)22(2,3)4/h7-15,23H,6H2,1-5H3/b20-15+. The third kappa shape index (κ3) is 5.01. The second kappa shape index (κ2) is 8.61. The van der Waals surface area contributed by atoms with Crippen molar-refractivity contribution in [3.63, 3.8) is 0 Å². The van der Waals surface area contributed by atoms with Crippen LogP contribution in [-0.4, -0.2) is 21.5 Å². The molecule has 0 amide bonds. The number of anilines is 1.